The highest BCUT2D eigenvalue weighted by atomic mass is 32.2. The normalized spacial score (nSPS) is 11.1. The van der Waals surface area contributed by atoms with Crippen LogP contribution in [0.5, 0.6) is 0 Å². The van der Waals surface area contributed by atoms with Gasteiger partial charge in [0.05, 0.1) is 34.9 Å². The highest BCUT2D eigenvalue weighted by Gasteiger charge is 2.10. The topological polar surface area (TPSA) is 67.9 Å². The molecule has 5 nitrogen and oxygen atoms in total. The molecule has 0 radical (unpaired) electrons. The van der Waals surface area contributed by atoms with Crippen LogP contribution in [0.2, 0.25) is 0 Å². The summed E-state index contributed by atoms with van der Waals surface area (Å²) in [6.45, 7) is 0. The van der Waals surface area contributed by atoms with Crippen molar-refractivity contribution in [1.29, 1.82) is 0 Å². The highest BCUT2D eigenvalue weighted by Crippen LogP contribution is 2.24. The number of carbonyl (C=O) groups is 1. The van der Waals surface area contributed by atoms with Gasteiger partial charge in [-0.3, -0.25) is 4.98 Å². The van der Waals surface area contributed by atoms with Crippen LogP contribution in [0.4, 0.5) is 0 Å². The lowest BCUT2D eigenvalue weighted by atomic mass is 10.2. The smallest absolute Gasteiger partial charge is 0.337 e. The number of para-hydroxylation sites is 1. The molecule has 0 fully saturated rings. The van der Waals surface area contributed by atoms with E-state index in [1.807, 2.05) is 30.3 Å². The molecule has 0 amide bonds. The van der Waals surface area contributed by atoms with Gasteiger partial charge in [0.2, 0.25) is 0 Å². The number of esters is 1. The van der Waals surface area contributed by atoms with Gasteiger partial charge in [-0.15, -0.1) is 0 Å². The quantitative estimate of drug-likeness (QED) is 0.442. The maximum absolute atomic E-state index is 11.6. The number of methoxy groups -OCH3 is 1. The standard InChI is InChI=1S/C19H15N3O2S/c1-24-18(23)13-7-9-16-17(10-13)22-19(21-16)25-11-14-8-6-12-4-2-3-5-15(12)20-14/h2-10H,11H2,1H3,(H,21,22). The average molecular weight is 349 g/mol. The zero-order chi connectivity index (χ0) is 17.2. The summed E-state index contributed by atoms with van der Waals surface area (Å²) in [5.74, 6) is 0.355. The Hall–Kier alpha value is -2.86. The molecule has 0 aliphatic carbocycles. The third-order valence-electron chi connectivity index (χ3n) is 3.90. The van der Waals surface area contributed by atoms with Crippen molar-refractivity contribution in [2.24, 2.45) is 0 Å². The van der Waals surface area contributed by atoms with E-state index >= 15 is 0 Å². The highest BCUT2D eigenvalue weighted by molar-refractivity contribution is 7.98. The SMILES string of the molecule is COC(=O)c1ccc2[nH]c(SCc3ccc4ccccc4n3)nc2c1. The minimum Gasteiger partial charge on any atom is -0.465 e. The number of imidazole rings is 1. The first kappa shape index (κ1) is 15.7. The number of aromatic nitrogens is 3. The van der Waals surface area contributed by atoms with Crippen LogP contribution in [0.1, 0.15) is 16.1 Å². The van der Waals surface area contributed by atoms with Gasteiger partial charge in [-0.05, 0) is 30.3 Å². The Morgan fingerprint density at radius 3 is 2.84 bits per heavy atom. The Balaban J connectivity index is 1.54. The number of thioether (sulfide) groups is 1. The minimum atomic E-state index is -0.362. The molecule has 2 heterocycles. The molecule has 2 aromatic carbocycles. The maximum Gasteiger partial charge on any atom is 0.337 e. The molecule has 0 aliphatic rings. The summed E-state index contributed by atoms with van der Waals surface area (Å²) in [5, 5.41) is 1.93. The van der Waals surface area contributed by atoms with Crippen LogP contribution >= 0.6 is 11.8 Å². The van der Waals surface area contributed by atoms with E-state index in [0.717, 1.165) is 32.8 Å². The molecule has 0 spiro atoms. The van der Waals surface area contributed by atoms with Crippen molar-refractivity contribution in [1.82, 2.24) is 15.0 Å². The third-order valence-corrected chi connectivity index (χ3v) is 4.80. The average Bonchev–Trinajstić information content (AvgIpc) is 3.07. The lowest BCUT2D eigenvalue weighted by Gasteiger charge is -2.01. The number of hydrogen-bond donors (Lipinski definition) is 1. The molecule has 0 aliphatic heterocycles. The molecule has 124 valence electrons. The summed E-state index contributed by atoms with van der Waals surface area (Å²) in [6.07, 6.45) is 0. The van der Waals surface area contributed by atoms with Crippen molar-refractivity contribution in [3.05, 3.63) is 65.9 Å². The first-order valence-electron chi connectivity index (χ1n) is 7.78. The number of H-pyrrole nitrogens is 1. The van der Waals surface area contributed by atoms with Crippen molar-refractivity contribution in [3.8, 4) is 0 Å². The van der Waals surface area contributed by atoms with Crippen LogP contribution in [0.3, 0.4) is 0 Å². The number of hydrogen-bond acceptors (Lipinski definition) is 5. The summed E-state index contributed by atoms with van der Waals surface area (Å²) >= 11 is 1.58. The Bertz CT molecular complexity index is 1070. The fourth-order valence-electron chi connectivity index (χ4n) is 2.63. The van der Waals surface area contributed by atoms with Gasteiger partial charge in [-0.25, -0.2) is 9.78 Å². The predicted molar refractivity (Wildman–Crippen MR) is 98.7 cm³/mol. The number of nitrogens with zero attached hydrogens (tertiary/aromatic N) is 2. The van der Waals surface area contributed by atoms with E-state index in [2.05, 4.69) is 27.1 Å². The molecule has 0 atom stereocenters. The number of nitrogens with one attached hydrogen (secondary N) is 1. The third kappa shape index (κ3) is 3.21. The number of pyridine rings is 1. The van der Waals surface area contributed by atoms with Crippen LogP contribution in [-0.4, -0.2) is 28.0 Å². The lowest BCUT2D eigenvalue weighted by Crippen LogP contribution is -2.00. The molecule has 2 aromatic heterocycles. The second-order valence-corrected chi connectivity index (χ2v) is 6.51. The van der Waals surface area contributed by atoms with E-state index in [1.165, 1.54) is 7.11 Å². The minimum absolute atomic E-state index is 0.362. The van der Waals surface area contributed by atoms with Gasteiger partial charge in [0.15, 0.2) is 5.16 Å². The van der Waals surface area contributed by atoms with Crippen LogP contribution in [0.15, 0.2) is 59.8 Å². The number of ether oxygens (including phenoxy) is 1. The van der Waals surface area contributed by atoms with Crippen molar-refractivity contribution < 1.29 is 9.53 Å². The van der Waals surface area contributed by atoms with Gasteiger partial charge in [-0.1, -0.05) is 36.0 Å². The van der Waals surface area contributed by atoms with Crippen molar-refractivity contribution in [2.75, 3.05) is 7.11 Å². The van der Waals surface area contributed by atoms with E-state index in [4.69, 9.17) is 4.74 Å². The second kappa shape index (κ2) is 6.57. The van der Waals surface area contributed by atoms with E-state index in [9.17, 15) is 4.79 Å². The lowest BCUT2D eigenvalue weighted by molar-refractivity contribution is 0.0601. The first-order valence-corrected chi connectivity index (χ1v) is 8.77. The number of rotatable bonds is 4. The van der Waals surface area contributed by atoms with E-state index in [-0.39, 0.29) is 5.97 Å². The molecule has 0 unspecified atom stereocenters. The zero-order valence-electron chi connectivity index (χ0n) is 13.5. The summed E-state index contributed by atoms with van der Waals surface area (Å²) < 4.78 is 4.74. The molecule has 6 heteroatoms. The fourth-order valence-corrected chi connectivity index (χ4v) is 3.42. The monoisotopic (exact) mass is 349 g/mol. The van der Waals surface area contributed by atoms with Gasteiger partial charge in [0.1, 0.15) is 0 Å². The van der Waals surface area contributed by atoms with Gasteiger partial charge in [-0.2, -0.15) is 0 Å². The molecule has 25 heavy (non-hydrogen) atoms. The number of carbonyl (C=O) groups excluding carboxylic acids is 1. The van der Waals surface area contributed by atoms with Crippen LogP contribution in [-0.2, 0) is 10.5 Å². The first-order chi connectivity index (χ1) is 12.2. The van der Waals surface area contributed by atoms with Gasteiger partial charge in [0, 0.05) is 11.1 Å². The largest absolute Gasteiger partial charge is 0.465 e. The van der Waals surface area contributed by atoms with Crippen molar-refractivity contribution >= 4 is 39.7 Å². The molecular formula is C19H15N3O2S. The fraction of sp³-hybridized carbons (Fsp3) is 0.105. The van der Waals surface area contributed by atoms with Gasteiger partial charge < -0.3 is 9.72 Å². The molecule has 0 saturated carbocycles. The summed E-state index contributed by atoms with van der Waals surface area (Å²) in [6, 6.07) is 17.5. The number of benzene rings is 2. The second-order valence-electron chi connectivity index (χ2n) is 5.55. The van der Waals surface area contributed by atoms with Gasteiger partial charge >= 0.3 is 5.97 Å². The maximum atomic E-state index is 11.6. The van der Waals surface area contributed by atoms with Crippen LogP contribution in [0.25, 0.3) is 21.9 Å². The summed E-state index contributed by atoms with van der Waals surface area (Å²) in [7, 11) is 1.37. The van der Waals surface area contributed by atoms with Crippen LogP contribution < -0.4 is 0 Å². The molecular weight excluding hydrogens is 334 g/mol. The molecule has 0 saturated heterocycles. The summed E-state index contributed by atoms with van der Waals surface area (Å²) in [4.78, 5) is 24.1. The van der Waals surface area contributed by atoms with E-state index < -0.39 is 0 Å². The molecule has 0 bridgehead atoms. The van der Waals surface area contributed by atoms with Crippen molar-refractivity contribution in [2.45, 2.75) is 10.9 Å². The Morgan fingerprint density at radius 1 is 1.08 bits per heavy atom. The predicted octanol–water partition coefficient (Wildman–Crippen LogP) is 4.19. The Labute approximate surface area is 148 Å². The molecule has 1 N–H and O–H groups in total. The van der Waals surface area contributed by atoms with E-state index in [1.54, 1.807) is 23.9 Å². The van der Waals surface area contributed by atoms with Crippen LogP contribution in [0, 0.1) is 0 Å². The molecule has 4 aromatic rings. The Kier molecular flexibility index (Phi) is 4.11. The summed E-state index contributed by atoms with van der Waals surface area (Å²) in [5.41, 5.74) is 4.13. The zero-order valence-corrected chi connectivity index (χ0v) is 14.3. The molecule has 4 rings (SSSR count). The van der Waals surface area contributed by atoms with Gasteiger partial charge in [0.25, 0.3) is 0 Å². The van der Waals surface area contributed by atoms with Crippen molar-refractivity contribution in [3.63, 3.8) is 0 Å². The van der Waals surface area contributed by atoms with E-state index in [0.29, 0.717) is 11.3 Å². The number of fused-ring (bicyclic) bond motifs is 2. The number of aromatic amines is 1. The Morgan fingerprint density at radius 2 is 1.96 bits per heavy atom.